The number of halogens is 13. The number of piperidine rings is 2. The van der Waals surface area contributed by atoms with Crippen LogP contribution in [-0.2, 0) is 40.2 Å². The summed E-state index contributed by atoms with van der Waals surface area (Å²) in [5.74, 6) is -6.80. The van der Waals surface area contributed by atoms with Crippen molar-refractivity contribution >= 4 is 46.4 Å². The monoisotopic (exact) mass is 1120 g/mol. The van der Waals surface area contributed by atoms with Gasteiger partial charge in [-0.1, -0.05) is 34.8 Å². The van der Waals surface area contributed by atoms with Gasteiger partial charge in [-0.2, -0.15) is 4.98 Å². The minimum atomic E-state index is -4.91. The molecule has 0 aromatic carbocycles. The van der Waals surface area contributed by atoms with Crippen molar-refractivity contribution in [1.29, 1.82) is 0 Å². The van der Waals surface area contributed by atoms with E-state index >= 15 is 0 Å². The second-order valence-corrected chi connectivity index (χ2v) is 20.5. The summed E-state index contributed by atoms with van der Waals surface area (Å²) in [5.41, 5.74) is 11.6. The Kier molecular flexibility index (Phi) is 15.4. The van der Waals surface area contributed by atoms with Gasteiger partial charge in [-0.05, 0) is 50.7 Å². The second-order valence-electron chi connectivity index (χ2n) is 18.3. The molecule has 4 bridgehead atoms. The van der Waals surface area contributed by atoms with Crippen molar-refractivity contribution in [3.8, 4) is 40.0 Å². The van der Waals surface area contributed by atoms with Crippen molar-refractivity contribution in [1.82, 2.24) is 38.9 Å². The van der Waals surface area contributed by atoms with Crippen molar-refractivity contribution in [2.75, 3.05) is 44.8 Å². The Morgan fingerprint density at radius 1 is 0.676 bits per heavy atom. The summed E-state index contributed by atoms with van der Waals surface area (Å²) in [6.07, 6.45) is 0.361. The Balaban J connectivity index is 0.000000185. The molecule has 0 amide bonds. The van der Waals surface area contributed by atoms with Gasteiger partial charge in [0, 0.05) is 98.9 Å². The van der Waals surface area contributed by atoms with Crippen LogP contribution in [0.1, 0.15) is 70.0 Å². The van der Waals surface area contributed by atoms with Crippen LogP contribution in [0, 0.1) is 0 Å². The van der Waals surface area contributed by atoms with Crippen molar-refractivity contribution in [3.63, 3.8) is 0 Å². The third-order valence-electron chi connectivity index (χ3n) is 13.9. The first-order chi connectivity index (χ1) is 33.0. The van der Waals surface area contributed by atoms with E-state index in [1.54, 1.807) is 12.4 Å². The number of nitrogens with two attached hydrogens (primary N) is 2. The van der Waals surface area contributed by atoms with Gasteiger partial charge in [0.15, 0.2) is 27.4 Å². The van der Waals surface area contributed by atoms with Crippen LogP contribution in [0.2, 0.25) is 0 Å². The number of alkyl halides is 13. The Hall–Kier alpha value is -4.11. The van der Waals surface area contributed by atoms with Gasteiger partial charge in [-0.25, -0.2) is 32.5 Å². The van der Waals surface area contributed by atoms with E-state index in [1.807, 2.05) is 9.13 Å². The summed E-state index contributed by atoms with van der Waals surface area (Å²) in [7, 11) is 1.47. The zero-order valence-electron chi connectivity index (χ0n) is 37.2. The van der Waals surface area contributed by atoms with Gasteiger partial charge in [-0.15, -0.1) is 26.3 Å². The fraction of sp³-hybridized carbons (Fsp3) is 0.610. The van der Waals surface area contributed by atoms with E-state index in [4.69, 9.17) is 58.7 Å². The maximum absolute atomic E-state index is 13.5. The van der Waals surface area contributed by atoms with Gasteiger partial charge in [0.1, 0.15) is 12.4 Å². The first kappa shape index (κ1) is 54.7. The van der Waals surface area contributed by atoms with Crippen molar-refractivity contribution < 1.29 is 85.7 Å². The van der Waals surface area contributed by atoms with E-state index in [2.05, 4.69) is 39.2 Å². The number of nitrogens with zero attached hydrogens (tertiary/aromatic N) is 8. The number of likely N-dealkylation sites (tertiary alicyclic amines) is 2. The van der Waals surface area contributed by atoms with Crippen LogP contribution >= 0.6 is 34.8 Å². The predicted molar refractivity (Wildman–Crippen MR) is 229 cm³/mol. The van der Waals surface area contributed by atoms with Crippen molar-refractivity contribution in [3.05, 3.63) is 42.7 Å². The number of aliphatic hydroxyl groups is 1. The molecule has 0 atom stereocenters. The van der Waals surface area contributed by atoms with Crippen LogP contribution in [-0.4, -0.2) is 117 Å². The van der Waals surface area contributed by atoms with E-state index in [0.717, 1.165) is 50.7 Å². The van der Waals surface area contributed by atoms with Crippen molar-refractivity contribution in [2.24, 2.45) is 0 Å². The predicted octanol–water partition coefficient (Wildman–Crippen LogP) is 8.82. The molecule has 12 rings (SSSR count). The van der Waals surface area contributed by atoms with Crippen LogP contribution in [0.4, 0.5) is 55.5 Å². The molecule has 2 saturated heterocycles. The standard InChI is InChI=1S/2C20H22F5N5O2.CHCl3.Mn.2O/c1-31-16-28-13(12-6-14(15(26)27-7-12)32-20(23,24)25)8-30(16)18-9-17(10-18,11-18)29-4-2-19(21,22)3-5-29;21-19(22)1-3-29(4-2-19)17-9-18(10-17,11-17)30-7-13(28-15(30)8-31)12-5-14(16(26)27-6-12)32-20(23,24)25;2-1(3)4;;;/h6-8H,2-5,9-11H2,1H3,(H2,26,27);5-7,31H,1-4,8-11H2,(H2,26,27);1H;;;. The Morgan fingerprint density at radius 2 is 1.03 bits per heavy atom. The number of aliphatic hydroxyl groups excluding tert-OH is 1. The number of ether oxygens (including phenoxy) is 3. The van der Waals surface area contributed by atoms with E-state index in [-0.39, 0.29) is 65.8 Å². The number of methoxy groups -OCH3 is 1. The average Bonchev–Trinajstić information content (AvgIpc) is 3.83. The Labute approximate surface area is 418 Å². The summed E-state index contributed by atoms with van der Waals surface area (Å²) in [4.78, 5) is 20.7. The molecule has 5 N–H and O–H groups in total. The SMILES string of the molecule is COc1nc(-c2cnc(N)c(OC(F)(F)F)c2)cn1C12CC(N3CCC(F)(F)CC3)(C1)C2.ClC(Cl)Cl.Nc1ncc(-c2cn(C34CC(N5CCC(F)(F)CC5)(C3)C4)c(CO)n2)cc1OC(F)(F)F.[O]=[Mn]=[O]. The number of pyridine rings is 2. The normalized spacial score (nSPS) is 27.0. The maximum atomic E-state index is 13.5. The van der Waals surface area contributed by atoms with Crippen molar-refractivity contribution in [2.45, 2.75) is 122 Å². The number of nitrogen functional groups attached to an aromatic ring is 2. The molecule has 71 heavy (non-hydrogen) atoms. The van der Waals surface area contributed by atoms with Gasteiger partial charge < -0.3 is 35.4 Å². The van der Waals surface area contributed by atoms with E-state index < -0.39 is 61.0 Å². The molecular formula is C41H45Cl3F10MnN10O6. The first-order valence-electron chi connectivity index (χ1n) is 21.5. The Morgan fingerprint density at radius 3 is 1.38 bits per heavy atom. The third kappa shape index (κ3) is 11.7. The second kappa shape index (κ2) is 20.0. The molecule has 8 aliphatic rings. The van der Waals surface area contributed by atoms with Crippen LogP contribution in [0.5, 0.6) is 17.5 Å². The molecule has 0 radical (unpaired) electrons. The molecule has 0 unspecified atom stereocenters. The number of hydrogen-bond acceptors (Lipinski definition) is 14. The molecule has 6 aliphatic carbocycles. The van der Waals surface area contributed by atoms with Gasteiger partial charge in [0.05, 0.1) is 29.6 Å². The molecule has 16 nitrogen and oxygen atoms in total. The molecule has 2 aliphatic heterocycles. The molecular weight excluding hydrogens is 1080 g/mol. The fourth-order valence-electron chi connectivity index (χ4n) is 10.8. The fourth-order valence-corrected chi connectivity index (χ4v) is 10.8. The average molecular weight is 1130 g/mol. The number of imidazole rings is 2. The van der Waals surface area contributed by atoms with Crippen LogP contribution in [0.3, 0.4) is 0 Å². The van der Waals surface area contributed by atoms with Crippen LogP contribution in [0.25, 0.3) is 22.5 Å². The number of rotatable bonds is 10. The zero-order chi connectivity index (χ0) is 52.2. The third-order valence-corrected chi connectivity index (χ3v) is 13.9. The number of hydrogen-bond donors (Lipinski definition) is 3. The molecule has 393 valence electrons. The quantitative estimate of drug-likeness (QED) is 0.0772. The summed E-state index contributed by atoms with van der Waals surface area (Å²) in [6, 6.07) is 2.58. The number of aromatic nitrogens is 6. The molecule has 6 heterocycles. The topological polar surface area (TPSA) is 202 Å². The minimum absolute atomic E-state index is 0.0670. The van der Waals surface area contributed by atoms with E-state index in [9.17, 15) is 49.0 Å². The summed E-state index contributed by atoms with van der Waals surface area (Å²) < 4.78 is 163. The Bertz CT molecular complexity index is 2390. The molecule has 4 aromatic heterocycles. The van der Waals surface area contributed by atoms with Gasteiger partial charge >= 0.3 is 35.2 Å². The van der Waals surface area contributed by atoms with E-state index in [0.29, 0.717) is 55.0 Å². The molecule has 30 heteroatoms. The molecule has 4 aromatic rings. The van der Waals surface area contributed by atoms with Gasteiger partial charge in [0.2, 0.25) is 0 Å². The van der Waals surface area contributed by atoms with E-state index in [1.165, 1.54) is 19.5 Å². The van der Waals surface area contributed by atoms with Gasteiger partial charge in [-0.3, -0.25) is 14.4 Å². The molecule has 0 spiro atoms. The van der Waals surface area contributed by atoms with Crippen LogP contribution in [0.15, 0.2) is 36.9 Å². The van der Waals surface area contributed by atoms with Gasteiger partial charge in [0.25, 0.3) is 17.9 Å². The summed E-state index contributed by atoms with van der Waals surface area (Å²) in [6.45, 7) is 1.15. The number of anilines is 2. The first-order valence-corrected chi connectivity index (χ1v) is 23.7. The zero-order valence-corrected chi connectivity index (χ0v) is 40.6. The summed E-state index contributed by atoms with van der Waals surface area (Å²) >= 11 is 13.0. The summed E-state index contributed by atoms with van der Waals surface area (Å²) in [5, 5.41) is 9.81. The van der Waals surface area contributed by atoms with Crippen LogP contribution < -0.4 is 25.7 Å². The molecule has 6 saturated carbocycles. The molecule has 8 fully saturated rings.